The standard InChI is InChI=1S/C17H21N3O4/c1-11-5-6-13-12(9-11)19-16(23)17(2,24-13)15(22)18-10-14(21)20-7-3-4-8-20/h5-6,9H,3-4,7-8,10H2,1-2H3,(H,18,22)(H,19,23). The number of carbonyl (C=O) groups excluding carboxylic acids is 3. The molecule has 1 fully saturated rings. The van der Waals surface area contributed by atoms with Crippen LogP contribution in [0.5, 0.6) is 5.75 Å². The van der Waals surface area contributed by atoms with Crippen molar-refractivity contribution >= 4 is 23.4 Å². The number of ether oxygens (including phenoxy) is 1. The minimum Gasteiger partial charge on any atom is -0.466 e. The fraction of sp³-hybridized carbons (Fsp3) is 0.471. The minimum absolute atomic E-state index is 0.133. The number of likely N-dealkylation sites (tertiary alicyclic amines) is 1. The van der Waals surface area contributed by atoms with Crippen molar-refractivity contribution in [3.05, 3.63) is 23.8 Å². The smallest absolute Gasteiger partial charge is 0.278 e. The maximum Gasteiger partial charge on any atom is 0.278 e. The van der Waals surface area contributed by atoms with Crippen LogP contribution in [0.2, 0.25) is 0 Å². The first-order valence-electron chi connectivity index (χ1n) is 8.07. The van der Waals surface area contributed by atoms with E-state index in [0.29, 0.717) is 11.4 Å². The monoisotopic (exact) mass is 331 g/mol. The summed E-state index contributed by atoms with van der Waals surface area (Å²) in [6, 6.07) is 5.33. The Morgan fingerprint density at radius 3 is 2.75 bits per heavy atom. The Morgan fingerprint density at radius 2 is 2.04 bits per heavy atom. The van der Waals surface area contributed by atoms with Gasteiger partial charge >= 0.3 is 0 Å². The Labute approximate surface area is 140 Å². The molecule has 1 atom stereocenters. The maximum absolute atomic E-state index is 12.5. The summed E-state index contributed by atoms with van der Waals surface area (Å²) in [4.78, 5) is 38.5. The van der Waals surface area contributed by atoms with Crippen LogP contribution in [0.3, 0.4) is 0 Å². The van der Waals surface area contributed by atoms with Gasteiger partial charge in [-0.2, -0.15) is 0 Å². The molecule has 0 spiro atoms. The van der Waals surface area contributed by atoms with Gasteiger partial charge in [0.25, 0.3) is 17.4 Å². The highest BCUT2D eigenvalue weighted by Gasteiger charge is 2.47. The molecule has 7 nitrogen and oxygen atoms in total. The molecule has 0 saturated carbocycles. The van der Waals surface area contributed by atoms with Crippen molar-refractivity contribution < 1.29 is 19.1 Å². The third-order valence-electron chi connectivity index (χ3n) is 4.42. The van der Waals surface area contributed by atoms with Gasteiger partial charge in [-0.15, -0.1) is 0 Å². The zero-order valence-corrected chi connectivity index (χ0v) is 13.8. The maximum atomic E-state index is 12.5. The van der Waals surface area contributed by atoms with E-state index in [-0.39, 0.29) is 12.5 Å². The molecule has 0 radical (unpaired) electrons. The predicted molar refractivity (Wildman–Crippen MR) is 87.7 cm³/mol. The highest BCUT2D eigenvalue weighted by molar-refractivity contribution is 6.15. The molecule has 2 aliphatic heterocycles. The molecule has 2 N–H and O–H groups in total. The van der Waals surface area contributed by atoms with Gasteiger partial charge in [-0.25, -0.2) is 0 Å². The minimum atomic E-state index is -1.70. The second-order valence-electron chi connectivity index (χ2n) is 6.36. The van der Waals surface area contributed by atoms with Gasteiger partial charge in [-0.3, -0.25) is 14.4 Å². The van der Waals surface area contributed by atoms with Crippen molar-refractivity contribution in [2.24, 2.45) is 0 Å². The first-order valence-corrected chi connectivity index (χ1v) is 8.07. The lowest BCUT2D eigenvalue weighted by Crippen LogP contribution is -2.59. The third kappa shape index (κ3) is 2.93. The van der Waals surface area contributed by atoms with Crippen molar-refractivity contribution in [2.45, 2.75) is 32.3 Å². The lowest BCUT2D eigenvalue weighted by Gasteiger charge is -2.33. The van der Waals surface area contributed by atoms with Crippen LogP contribution in [-0.4, -0.2) is 47.9 Å². The molecule has 0 aromatic heterocycles. The number of hydrogen-bond donors (Lipinski definition) is 2. The lowest BCUT2D eigenvalue weighted by atomic mass is 10.0. The van der Waals surface area contributed by atoms with E-state index in [9.17, 15) is 14.4 Å². The molecule has 3 rings (SSSR count). The lowest BCUT2D eigenvalue weighted by molar-refractivity contribution is -0.148. The number of hydrogen-bond acceptors (Lipinski definition) is 4. The largest absolute Gasteiger partial charge is 0.466 e. The zero-order valence-electron chi connectivity index (χ0n) is 13.8. The van der Waals surface area contributed by atoms with E-state index in [4.69, 9.17) is 4.74 Å². The van der Waals surface area contributed by atoms with E-state index in [1.807, 2.05) is 13.0 Å². The summed E-state index contributed by atoms with van der Waals surface area (Å²) in [7, 11) is 0. The molecule has 0 aliphatic carbocycles. The molecule has 0 bridgehead atoms. The van der Waals surface area contributed by atoms with Crippen LogP contribution in [0.1, 0.15) is 25.3 Å². The Hall–Kier alpha value is -2.57. The molecule has 24 heavy (non-hydrogen) atoms. The second-order valence-corrected chi connectivity index (χ2v) is 6.36. The summed E-state index contributed by atoms with van der Waals surface area (Å²) in [5.74, 6) is -0.883. The fourth-order valence-corrected chi connectivity index (χ4v) is 2.89. The van der Waals surface area contributed by atoms with E-state index in [1.165, 1.54) is 6.92 Å². The van der Waals surface area contributed by atoms with Crippen molar-refractivity contribution in [3.8, 4) is 5.75 Å². The average molecular weight is 331 g/mol. The van der Waals surface area contributed by atoms with Crippen molar-refractivity contribution in [1.82, 2.24) is 10.2 Å². The number of aryl methyl sites for hydroxylation is 1. The SMILES string of the molecule is Cc1ccc2c(c1)NC(=O)C(C)(C(=O)NCC(=O)N1CCCC1)O2. The predicted octanol–water partition coefficient (Wildman–Crippen LogP) is 0.823. The van der Waals surface area contributed by atoms with Crippen molar-refractivity contribution in [2.75, 3.05) is 25.0 Å². The first kappa shape index (κ1) is 16.3. The van der Waals surface area contributed by atoms with Gasteiger partial charge in [0.2, 0.25) is 5.91 Å². The van der Waals surface area contributed by atoms with E-state index in [0.717, 1.165) is 31.5 Å². The molecular formula is C17H21N3O4. The summed E-state index contributed by atoms with van der Waals surface area (Å²) in [6.07, 6.45) is 1.97. The van der Waals surface area contributed by atoms with Crippen LogP contribution in [0.15, 0.2) is 18.2 Å². The first-order chi connectivity index (χ1) is 11.4. The Bertz CT molecular complexity index is 697. The molecule has 1 unspecified atom stereocenters. The van der Waals surface area contributed by atoms with Gasteiger partial charge in [0, 0.05) is 13.1 Å². The van der Waals surface area contributed by atoms with Gasteiger partial charge in [0.05, 0.1) is 12.2 Å². The summed E-state index contributed by atoms with van der Waals surface area (Å²) in [5, 5.41) is 5.22. The third-order valence-corrected chi connectivity index (χ3v) is 4.42. The van der Waals surface area contributed by atoms with Crippen LogP contribution >= 0.6 is 0 Å². The second kappa shape index (κ2) is 6.14. The normalized spacial score (nSPS) is 22.4. The number of anilines is 1. The van der Waals surface area contributed by atoms with Gasteiger partial charge < -0.3 is 20.3 Å². The Kier molecular flexibility index (Phi) is 4.17. The molecule has 7 heteroatoms. The number of rotatable bonds is 3. The van der Waals surface area contributed by atoms with E-state index < -0.39 is 17.4 Å². The summed E-state index contributed by atoms with van der Waals surface area (Å²) >= 11 is 0. The van der Waals surface area contributed by atoms with E-state index >= 15 is 0 Å². The number of nitrogens with zero attached hydrogens (tertiary/aromatic N) is 1. The van der Waals surface area contributed by atoms with Gasteiger partial charge in [0.1, 0.15) is 5.75 Å². The van der Waals surface area contributed by atoms with Gasteiger partial charge in [-0.05, 0) is 44.4 Å². The molecule has 1 saturated heterocycles. The Morgan fingerprint density at radius 1 is 1.33 bits per heavy atom. The van der Waals surface area contributed by atoms with Crippen LogP contribution in [-0.2, 0) is 14.4 Å². The molecule has 1 aromatic rings. The number of carbonyl (C=O) groups is 3. The highest BCUT2D eigenvalue weighted by atomic mass is 16.5. The zero-order chi connectivity index (χ0) is 17.3. The summed E-state index contributed by atoms with van der Waals surface area (Å²) in [6.45, 7) is 4.61. The van der Waals surface area contributed by atoms with E-state index in [2.05, 4.69) is 10.6 Å². The number of fused-ring (bicyclic) bond motifs is 1. The summed E-state index contributed by atoms with van der Waals surface area (Å²) < 4.78 is 5.66. The average Bonchev–Trinajstić information content (AvgIpc) is 3.08. The molecule has 3 amide bonds. The molecule has 2 heterocycles. The quantitative estimate of drug-likeness (QED) is 0.803. The topological polar surface area (TPSA) is 87.7 Å². The van der Waals surface area contributed by atoms with Crippen LogP contribution in [0.25, 0.3) is 0 Å². The van der Waals surface area contributed by atoms with Crippen molar-refractivity contribution in [1.29, 1.82) is 0 Å². The van der Waals surface area contributed by atoms with Crippen LogP contribution in [0, 0.1) is 6.92 Å². The van der Waals surface area contributed by atoms with E-state index in [1.54, 1.807) is 17.0 Å². The summed E-state index contributed by atoms with van der Waals surface area (Å²) in [5.41, 5.74) is -0.187. The molecular weight excluding hydrogens is 310 g/mol. The number of amides is 3. The molecule has 2 aliphatic rings. The Balaban J connectivity index is 1.68. The van der Waals surface area contributed by atoms with Crippen LogP contribution in [0.4, 0.5) is 5.69 Å². The number of nitrogens with one attached hydrogen (secondary N) is 2. The molecule has 128 valence electrons. The highest BCUT2D eigenvalue weighted by Crippen LogP contribution is 2.34. The van der Waals surface area contributed by atoms with Gasteiger partial charge in [0.15, 0.2) is 0 Å². The number of benzene rings is 1. The molecule has 1 aromatic carbocycles. The van der Waals surface area contributed by atoms with Crippen molar-refractivity contribution in [3.63, 3.8) is 0 Å². The van der Waals surface area contributed by atoms with Crippen LogP contribution < -0.4 is 15.4 Å². The van der Waals surface area contributed by atoms with Gasteiger partial charge in [-0.1, -0.05) is 6.07 Å². The fourth-order valence-electron chi connectivity index (χ4n) is 2.89.